The van der Waals surface area contributed by atoms with Crippen molar-refractivity contribution in [2.75, 3.05) is 46.2 Å². The Morgan fingerprint density at radius 2 is 1.74 bits per heavy atom. The molecule has 0 atom stereocenters. The smallest absolute Gasteiger partial charge is 0.200 e. The Bertz CT molecular complexity index is 1260. The number of benzene rings is 2. The lowest BCUT2D eigenvalue weighted by Gasteiger charge is -2.26. The van der Waals surface area contributed by atoms with Gasteiger partial charge in [0.05, 0.1) is 25.2 Å². The molecule has 1 saturated heterocycles. The van der Waals surface area contributed by atoms with E-state index in [2.05, 4.69) is 17.0 Å². The summed E-state index contributed by atoms with van der Waals surface area (Å²) in [6.45, 7) is 3.80. The summed E-state index contributed by atoms with van der Waals surface area (Å²) >= 11 is 1.64. The third kappa shape index (κ3) is 4.45. The summed E-state index contributed by atoms with van der Waals surface area (Å²) in [5.41, 5.74) is 9.93. The first kappa shape index (κ1) is 22.6. The number of likely N-dealkylation sites (tertiary alicyclic amines) is 1. The lowest BCUT2D eigenvalue weighted by atomic mass is 10.0. The van der Waals surface area contributed by atoms with Crippen LogP contribution >= 0.6 is 11.3 Å². The average molecular weight is 479 g/mol. The van der Waals surface area contributed by atoms with E-state index in [1.807, 2.05) is 35.7 Å². The van der Waals surface area contributed by atoms with Gasteiger partial charge >= 0.3 is 0 Å². The number of anilines is 1. The highest BCUT2D eigenvalue weighted by atomic mass is 32.1. The van der Waals surface area contributed by atoms with Gasteiger partial charge in [0.15, 0.2) is 11.5 Å². The molecule has 0 amide bonds. The topological polar surface area (TPSA) is 70.1 Å². The Balaban J connectivity index is 1.56. The monoisotopic (exact) mass is 478 g/mol. The molecule has 178 valence electrons. The van der Waals surface area contributed by atoms with Crippen LogP contribution in [0.2, 0.25) is 0 Å². The van der Waals surface area contributed by atoms with Crippen molar-refractivity contribution in [2.45, 2.75) is 19.3 Å². The zero-order valence-electron chi connectivity index (χ0n) is 19.6. The fraction of sp³-hybridized carbons (Fsp3) is 0.333. The molecule has 7 heteroatoms. The summed E-state index contributed by atoms with van der Waals surface area (Å²) in [7, 11) is 3.27. The molecule has 3 heterocycles. The van der Waals surface area contributed by atoms with Gasteiger partial charge in [0.25, 0.3) is 0 Å². The lowest BCUT2D eigenvalue weighted by molar-refractivity contribution is 0.184. The third-order valence-corrected chi connectivity index (χ3v) is 7.27. The molecule has 5 rings (SSSR count). The Labute approximate surface area is 203 Å². The maximum absolute atomic E-state index is 6.43. The number of methoxy groups -OCH3 is 2. The number of piperidine rings is 1. The Kier molecular flexibility index (Phi) is 6.65. The van der Waals surface area contributed by atoms with Crippen molar-refractivity contribution in [3.05, 3.63) is 47.8 Å². The van der Waals surface area contributed by atoms with E-state index in [4.69, 9.17) is 24.4 Å². The van der Waals surface area contributed by atoms with Gasteiger partial charge in [-0.3, -0.25) is 4.90 Å². The van der Waals surface area contributed by atoms with Crippen LogP contribution in [0.1, 0.15) is 19.3 Å². The molecule has 34 heavy (non-hydrogen) atoms. The molecular weight excluding hydrogens is 448 g/mol. The molecule has 2 N–H and O–H groups in total. The summed E-state index contributed by atoms with van der Waals surface area (Å²) in [6.07, 6.45) is 3.85. The van der Waals surface area contributed by atoms with Crippen molar-refractivity contribution < 1.29 is 18.6 Å². The number of rotatable bonds is 8. The van der Waals surface area contributed by atoms with Crippen LogP contribution in [-0.4, -0.2) is 45.4 Å². The number of fused-ring (bicyclic) bond motifs is 1. The van der Waals surface area contributed by atoms with Gasteiger partial charge in [-0.15, -0.1) is 11.3 Å². The first-order chi connectivity index (χ1) is 16.7. The summed E-state index contributed by atoms with van der Waals surface area (Å²) in [5.74, 6) is 2.55. The first-order valence-corrected chi connectivity index (χ1v) is 12.5. The molecule has 0 bridgehead atoms. The molecule has 0 radical (unpaired) electrons. The zero-order valence-corrected chi connectivity index (χ0v) is 20.5. The molecule has 0 saturated carbocycles. The predicted octanol–water partition coefficient (Wildman–Crippen LogP) is 6.29. The third-order valence-electron chi connectivity index (χ3n) is 6.38. The van der Waals surface area contributed by atoms with Crippen LogP contribution in [0.5, 0.6) is 17.2 Å². The number of nitrogen functional groups attached to an aromatic ring is 1. The first-order valence-electron chi connectivity index (χ1n) is 11.7. The highest BCUT2D eigenvalue weighted by molar-refractivity contribution is 7.13. The molecule has 2 aromatic carbocycles. The van der Waals surface area contributed by atoms with Gasteiger partial charge in [-0.1, -0.05) is 18.6 Å². The Morgan fingerprint density at radius 1 is 0.941 bits per heavy atom. The number of furan rings is 1. The van der Waals surface area contributed by atoms with Gasteiger partial charge in [-0.05, 0) is 72.8 Å². The van der Waals surface area contributed by atoms with Gasteiger partial charge in [-0.25, -0.2) is 0 Å². The molecule has 1 fully saturated rings. The van der Waals surface area contributed by atoms with Crippen molar-refractivity contribution >= 4 is 28.2 Å². The highest BCUT2D eigenvalue weighted by Crippen LogP contribution is 2.46. The molecule has 0 unspecified atom stereocenters. The van der Waals surface area contributed by atoms with E-state index < -0.39 is 0 Å². The van der Waals surface area contributed by atoms with E-state index in [1.165, 1.54) is 19.3 Å². The minimum Gasteiger partial charge on any atom is -0.493 e. The SMILES string of the molecule is COc1ccc(-c2cc(OCCN3CCCCC3)c3c(-c4cccs4)c(N)oc3c2)cc1OC. The molecule has 1 aliphatic rings. The van der Waals surface area contributed by atoms with Crippen LogP contribution in [0.3, 0.4) is 0 Å². The fourth-order valence-electron chi connectivity index (χ4n) is 4.64. The Morgan fingerprint density at radius 3 is 2.47 bits per heavy atom. The van der Waals surface area contributed by atoms with Crippen LogP contribution in [-0.2, 0) is 0 Å². The number of hydrogen-bond donors (Lipinski definition) is 1. The molecule has 0 spiro atoms. The van der Waals surface area contributed by atoms with Crippen LogP contribution in [0.25, 0.3) is 32.5 Å². The molecule has 0 aliphatic carbocycles. The highest BCUT2D eigenvalue weighted by Gasteiger charge is 2.21. The molecule has 6 nitrogen and oxygen atoms in total. The van der Waals surface area contributed by atoms with E-state index in [9.17, 15) is 0 Å². The lowest BCUT2D eigenvalue weighted by Crippen LogP contribution is -2.33. The van der Waals surface area contributed by atoms with Crippen LogP contribution < -0.4 is 19.9 Å². The van der Waals surface area contributed by atoms with Crippen molar-refractivity contribution in [1.29, 1.82) is 0 Å². The number of nitrogens with zero attached hydrogens (tertiary/aromatic N) is 1. The maximum Gasteiger partial charge on any atom is 0.200 e. The summed E-state index contributed by atoms with van der Waals surface area (Å²) in [4.78, 5) is 3.54. The zero-order chi connectivity index (χ0) is 23.5. The van der Waals surface area contributed by atoms with E-state index in [0.717, 1.165) is 52.3 Å². The second kappa shape index (κ2) is 9.99. The summed E-state index contributed by atoms with van der Waals surface area (Å²) in [5, 5.41) is 2.96. The van der Waals surface area contributed by atoms with Crippen molar-refractivity contribution in [3.8, 4) is 38.8 Å². The summed E-state index contributed by atoms with van der Waals surface area (Å²) in [6, 6.07) is 14.0. The maximum atomic E-state index is 6.43. The average Bonchev–Trinajstić information content (AvgIpc) is 3.51. The fourth-order valence-corrected chi connectivity index (χ4v) is 5.42. The molecule has 2 aromatic heterocycles. The van der Waals surface area contributed by atoms with Gasteiger partial charge in [0.2, 0.25) is 5.88 Å². The number of hydrogen-bond acceptors (Lipinski definition) is 7. The largest absolute Gasteiger partial charge is 0.493 e. The van der Waals surface area contributed by atoms with Gasteiger partial charge in [-0.2, -0.15) is 0 Å². The minimum atomic E-state index is 0.405. The Hall–Kier alpha value is -3.16. The number of nitrogens with two attached hydrogens (primary N) is 1. The minimum absolute atomic E-state index is 0.405. The van der Waals surface area contributed by atoms with Crippen molar-refractivity contribution in [2.24, 2.45) is 0 Å². The second-order valence-electron chi connectivity index (χ2n) is 8.49. The van der Waals surface area contributed by atoms with Crippen molar-refractivity contribution in [3.63, 3.8) is 0 Å². The molecular formula is C27H30N2O4S. The predicted molar refractivity (Wildman–Crippen MR) is 138 cm³/mol. The van der Waals surface area contributed by atoms with Crippen LogP contribution in [0.15, 0.2) is 52.3 Å². The van der Waals surface area contributed by atoms with Gasteiger partial charge in [0.1, 0.15) is 17.9 Å². The summed E-state index contributed by atoms with van der Waals surface area (Å²) < 4.78 is 23.4. The molecule has 1 aliphatic heterocycles. The second-order valence-corrected chi connectivity index (χ2v) is 9.43. The van der Waals surface area contributed by atoms with Crippen molar-refractivity contribution in [1.82, 2.24) is 4.90 Å². The normalized spacial score (nSPS) is 14.4. The molecule has 4 aromatic rings. The van der Waals surface area contributed by atoms with Crippen LogP contribution in [0.4, 0.5) is 5.88 Å². The van der Waals surface area contributed by atoms with E-state index in [0.29, 0.717) is 29.6 Å². The van der Waals surface area contributed by atoms with E-state index in [1.54, 1.807) is 25.6 Å². The van der Waals surface area contributed by atoms with E-state index in [-0.39, 0.29) is 0 Å². The standard InChI is InChI=1S/C27H30N2O4S/c1-30-20-9-8-18(15-21(20)31-2)19-16-22(32-13-12-29-10-4-3-5-11-29)25-23(17-19)33-27(28)26(25)24-7-6-14-34-24/h6-9,14-17H,3-5,10-13,28H2,1-2H3. The quantitative estimate of drug-likeness (QED) is 0.321. The number of ether oxygens (including phenoxy) is 3. The van der Waals surface area contributed by atoms with Gasteiger partial charge < -0.3 is 24.4 Å². The van der Waals surface area contributed by atoms with E-state index >= 15 is 0 Å². The number of thiophene rings is 1. The van der Waals surface area contributed by atoms with Gasteiger partial charge in [0, 0.05) is 11.4 Å². The van der Waals surface area contributed by atoms with Crippen LogP contribution in [0, 0.1) is 0 Å².